The third-order valence-electron chi connectivity index (χ3n) is 3.07. The van der Waals surface area contributed by atoms with E-state index in [2.05, 4.69) is 11.9 Å². The molecular formula is C8H15NO. The monoisotopic (exact) mass is 141 g/mol. The van der Waals surface area contributed by atoms with E-state index >= 15 is 0 Å². The van der Waals surface area contributed by atoms with Crippen molar-refractivity contribution >= 4 is 0 Å². The maximum Gasteiger partial charge on any atom is 0.0595 e. The number of fused-ring (bicyclic) bond motifs is 3. The SMILES string of the molecule is CN1C[C@@H]2CC[C@H]1C[C@@H]2O. The van der Waals surface area contributed by atoms with Crippen LogP contribution in [0.25, 0.3) is 0 Å². The topological polar surface area (TPSA) is 23.5 Å². The Morgan fingerprint density at radius 2 is 2.20 bits per heavy atom. The van der Waals surface area contributed by atoms with Gasteiger partial charge in [-0.1, -0.05) is 0 Å². The molecule has 3 fully saturated rings. The summed E-state index contributed by atoms with van der Waals surface area (Å²) in [5, 5.41) is 9.49. The first-order valence-electron chi connectivity index (χ1n) is 4.15. The number of nitrogens with zero attached hydrogens (tertiary/aromatic N) is 1. The van der Waals surface area contributed by atoms with Crippen molar-refractivity contribution in [2.24, 2.45) is 5.92 Å². The Morgan fingerprint density at radius 3 is 2.50 bits per heavy atom. The van der Waals surface area contributed by atoms with Crippen LogP contribution in [-0.2, 0) is 0 Å². The summed E-state index contributed by atoms with van der Waals surface area (Å²) >= 11 is 0. The van der Waals surface area contributed by atoms with Gasteiger partial charge in [-0.25, -0.2) is 0 Å². The van der Waals surface area contributed by atoms with Crippen LogP contribution in [0.4, 0.5) is 0 Å². The normalized spacial score (nSPS) is 48.0. The fourth-order valence-electron chi connectivity index (χ4n) is 2.32. The predicted octanol–water partition coefficient (Wildman–Crippen LogP) is 0.461. The predicted molar refractivity (Wildman–Crippen MR) is 39.8 cm³/mol. The second kappa shape index (κ2) is 2.21. The molecular weight excluding hydrogens is 126 g/mol. The molecule has 0 radical (unpaired) electrons. The molecule has 0 aromatic heterocycles. The van der Waals surface area contributed by atoms with Gasteiger partial charge in [0, 0.05) is 12.6 Å². The third kappa shape index (κ3) is 0.867. The molecule has 0 unspecified atom stereocenters. The van der Waals surface area contributed by atoms with E-state index < -0.39 is 0 Å². The van der Waals surface area contributed by atoms with Crippen molar-refractivity contribution in [3.63, 3.8) is 0 Å². The highest BCUT2D eigenvalue weighted by atomic mass is 16.3. The zero-order chi connectivity index (χ0) is 7.14. The fraction of sp³-hybridized carbons (Fsp3) is 1.00. The van der Waals surface area contributed by atoms with Crippen molar-refractivity contribution in [1.29, 1.82) is 0 Å². The molecule has 2 heterocycles. The molecule has 2 nitrogen and oxygen atoms in total. The van der Waals surface area contributed by atoms with Gasteiger partial charge in [0.15, 0.2) is 0 Å². The number of aliphatic hydroxyl groups excluding tert-OH is 1. The number of aliphatic hydroxyl groups is 1. The first kappa shape index (κ1) is 6.62. The molecule has 3 rings (SSSR count). The summed E-state index contributed by atoms with van der Waals surface area (Å²) in [6.07, 6.45) is 3.57. The van der Waals surface area contributed by atoms with E-state index in [0.717, 1.165) is 13.0 Å². The van der Waals surface area contributed by atoms with E-state index in [-0.39, 0.29) is 6.10 Å². The molecule has 1 saturated carbocycles. The Labute approximate surface area is 61.8 Å². The number of rotatable bonds is 0. The Bertz CT molecular complexity index is 121. The van der Waals surface area contributed by atoms with Crippen molar-refractivity contribution < 1.29 is 5.11 Å². The highest BCUT2D eigenvalue weighted by molar-refractivity contribution is 4.91. The molecule has 2 heteroatoms. The zero-order valence-electron chi connectivity index (χ0n) is 6.45. The average Bonchev–Trinajstić information content (AvgIpc) is 1.91. The smallest absolute Gasteiger partial charge is 0.0595 e. The van der Waals surface area contributed by atoms with Crippen molar-refractivity contribution in [2.75, 3.05) is 13.6 Å². The van der Waals surface area contributed by atoms with Crippen molar-refractivity contribution in [3.8, 4) is 0 Å². The van der Waals surface area contributed by atoms with Gasteiger partial charge in [0.05, 0.1) is 6.10 Å². The van der Waals surface area contributed by atoms with E-state index in [1.807, 2.05) is 0 Å². The van der Waals surface area contributed by atoms with E-state index in [1.165, 1.54) is 12.8 Å². The van der Waals surface area contributed by atoms with Gasteiger partial charge in [-0.05, 0) is 32.2 Å². The second-order valence-electron chi connectivity index (χ2n) is 3.73. The molecule has 2 saturated heterocycles. The minimum atomic E-state index is 0.00921. The molecule has 2 bridgehead atoms. The molecule has 0 aromatic rings. The Kier molecular flexibility index (Phi) is 1.46. The van der Waals surface area contributed by atoms with Gasteiger partial charge in [0.25, 0.3) is 0 Å². The van der Waals surface area contributed by atoms with Crippen LogP contribution in [0, 0.1) is 5.92 Å². The van der Waals surface area contributed by atoms with E-state index in [0.29, 0.717) is 12.0 Å². The molecule has 58 valence electrons. The number of hydrogen-bond acceptors (Lipinski definition) is 2. The molecule has 3 aliphatic rings. The van der Waals surface area contributed by atoms with Gasteiger partial charge >= 0.3 is 0 Å². The van der Waals surface area contributed by atoms with Gasteiger partial charge in [-0.3, -0.25) is 0 Å². The maximum atomic E-state index is 9.49. The van der Waals surface area contributed by atoms with Crippen LogP contribution in [0.5, 0.6) is 0 Å². The highest BCUT2D eigenvalue weighted by Gasteiger charge is 2.37. The van der Waals surface area contributed by atoms with E-state index in [1.54, 1.807) is 0 Å². The number of piperidine rings is 2. The highest BCUT2D eigenvalue weighted by Crippen LogP contribution is 2.33. The maximum absolute atomic E-state index is 9.49. The lowest BCUT2D eigenvalue weighted by Crippen LogP contribution is -2.52. The lowest BCUT2D eigenvalue weighted by molar-refractivity contribution is -0.0379. The van der Waals surface area contributed by atoms with Crippen molar-refractivity contribution in [2.45, 2.75) is 31.4 Å². The molecule has 0 aromatic carbocycles. The first-order valence-corrected chi connectivity index (χ1v) is 4.15. The van der Waals surface area contributed by atoms with Crippen LogP contribution in [0.1, 0.15) is 19.3 Å². The van der Waals surface area contributed by atoms with Crippen LogP contribution in [-0.4, -0.2) is 35.7 Å². The summed E-state index contributed by atoms with van der Waals surface area (Å²) in [4.78, 5) is 2.39. The van der Waals surface area contributed by atoms with Gasteiger partial charge in [-0.2, -0.15) is 0 Å². The van der Waals surface area contributed by atoms with Gasteiger partial charge in [0.1, 0.15) is 0 Å². The van der Waals surface area contributed by atoms with Crippen LogP contribution in [0.2, 0.25) is 0 Å². The molecule has 0 amide bonds. The summed E-state index contributed by atoms with van der Waals surface area (Å²) in [5.41, 5.74) is 0. The summed E-state index contributed by atoms with van der Waals surface area (Å²) < 4.78 is 0. The largest absolute Gasteiger partial charge is 0.393 e. The van der Waals surface area contributed by atoms with E-state index in [4.69, 9.17) is 0 Å². The van der Waals surface area contributed by atoms with Crippen LogP contribution >= 0.6 is 0 Å². The summed E-state index contributed by atoms with van der Waals surface area (Å²) in [6.45, 7) is 1.12. The van der Waals surface area contributed by atoms with Gasteiger partial charge < -0.3 is 10.0 Å². The average molecular weight is 141 g/mol. The van der Waals surface area contributed by atoms with Gasteiger partial charge in [-0.15, -0.1) is 0 Å². The van der Waals surface area contributed by atoms with Gasteiger partial charge in [0.2, 0.25) is 0 Å². The Morgan fingerprint density at radius 1 is 1.40 bits per heavy atom. The molecule has 0 spiro atoms. The summed E-state index contributed by atoms with van der Waals surface area (Å²) in [7, 11) is 2.17. The molecule has 1 N–H and O–H groups in total. The molecule has 10 heavy (non-hydrogen) atoms. The minimum Gasteiger partial charge on any atom is -0.393 e. The summed E-state index contributed by atoms with van der Waals surface area (Å²) in [5.74, 6) is 0.579. The zero-order valence-corrected chi connectivity index (χ0v) is 6.45. The lowest BCUT2D eigenvalue weighted by Gasteiger charge is -2.46. The standard InChI is InChI=1S/C8H15NO/c1-9-5-6-2-3-7(9)4-8(6)10/h6-8,10H,2-5H2,1H3/t6-,7-,8-/m0/s1. The minimum absolute atomic E-state index is 0.00921. The number of hydrogen-bond donors (Lipinski definition) is 1. The summed E-state index contributed by atoms with van der Waals surface area (Å²) in [6, 6.07) is 0.681. The van der Waals surface area contributed by atoms with Crippen molar-refractivity contribution in [1.82, 2.24) is 4.90 Å². The molecule has 3 atom stereocenters. The Balaban J connectivity index is 2.09. The second-order valence-corrected chi connectivity index (χ2v) is 3.73. The van der Waals surface area contributed by atoms with Crippen molar-refractivity contribution in [3.05, 3.63) is 0 Å². The Hall–Kier alpha value is -0.0800. The van der Waals surface area contributed by atoms with Crippen LogP contribution in [0.15, 0.2) is 0 Å². The van der Waals surface area contributed by atoms with Crippen LogP contribution < -0.4 is 0 Å². The van der Waals surface area contributed by atoms with E-state index in [9.17, 15) is 5.11 Å². The third-order valence-corrected chi connectivity index (χ3v) is 3.07. The quantitative estimate of drug-likeness (QED) is 0.530. The fourth-order valence-corrected chi connectivity index (χ4v) is 2.32. The first-order chi connectivity index (χ1) is 4.77. The van der Waals surface area contributed by atoms with Crippen LogP contribution in [0.3, 0.4) is 0 Å². The molecule has 2 aliphatic heterocycles. The lowest BCUT2D eigenvalue weighted by atomic mass is 9.78. The molecule has 1 aliphatic carbocycles.